The minimum absolute atomic E-state index is 0. The molecule has 490 valence electrons. The molecule has 83 heavy (non-hydrogen) atoms. The highest BCUT2D eigenvalue weighted by Gasteiger charge is 2.33. The highest BCUT2D eigenvalue weighted by molar-refractivity contribution is 5.74. The number of hydrogen-bond acceptors (Lipinski definition) is 22. The molecule has 0 spiro atoms. The smallest absolute Gasteiger partial charge is 0.309 e. The molecule has 2 fully saturated rings. The van der Waals surface area contributed by atoms with E-state index < -0.39 is 17.9 Å². The van der Waals surface area contributed by atoms with Crippen LogP contribution in [-0.2, 0) is 66.7 Å². The van der Waals surface area contributed by atoms with Gasteiger partial charge in [-0.3, -0.25) is 28.8 Å². The van der Waals surface area contributed by atoms with E-state index in [0.717, 1.165) is 25.9 Å². The van der Waals surface area contributed by atoms with Crippen LogP contribution >= 0.6 is 0 Å². The fourth-order valence-corrected chi connectivity index (χ4v) is 8.64. The lowest BCUT2D eigenvalue weighted by molar-refractivity contribution is -0.154. The Kier molecular flexibility index (Phi) is 51.8. The second-order valence-corrected chi connectivity index (χ2v) is 22.7. The van der Waals surface area contributed by atoms with Gasteiger partial charge in [0.1, 0.15) is 0 Å². The molecule has 0 aliphatic carbocycles. The lowest BCUT2D eigenvalue weighted by Crippen LogP contribution is -2.40. The first-order valence-electron chi connectivity index (χ1n) is 30.9. The van der Waals surface area contributed by atoms with Gasteiger partial charge in [-0.15, -0.1) is 0 Å². The fraction of sp³-hybridized carbons (Fsp3) is 0.902. The maximum absolute atomic E-state index is 12.6. The Hall–Kier alpha value is -3.58. The van der Waals surface area contributed by atoms with E-state index in [0.29, 0.717) is 116 Å². The molecule has 2 aliphatic rings. The Labute approximate surface area is 498 Å². The van der Waals surface area contributed by atoms with E-state index in [4.69, 9.17) is 59.6 Å². The molecule has 0 saturated carbocycles. The van der Waals surface area contributed by atoms with Crippen LogP contribution in [-0.4, -0.2) is 184 Å². The molecule has 0 amide bonds. The van der Waals surface area contributed by atoms with Crippen molar-refractivity contribution in [2.75, 3.05) is 79.1 Å². The first kappa shape index (κ1) is 81.5. The van der Waals surface area contributed by atoms with Gasteiger partial charge in [-0.2, -0.15) is 0 Å². The summed E-state index contributed by atoms with van der Waals surface area (Å²) in [5.74, 6) is -3.23. The number of carbonyl (C=O) groups excluding carboxylic acids is 6. The van der Waals surface area contributed by atoms with Gasteiger partial charge >= 0.3 is 35.8 Å². The third kappa shape index (κ3) is 49.3. The van der Waals surface area contributed by atoms with Crippen LogP contribution < -0.4 is 22.1 Å². The molecule has 0 aromatic carbocycles. The Morgan fingerprint density at radius 3 is 1.31 bits per heavy atom. The number of nitrogens with one attached hydrogen (secondary N) is 2. The predicted molar refractivity (Wildman–Crippen MR) is 319 cm³/mol. The minimum Gasteiger partial charge on any atom is -0.466 e. The number of unbranched alkanes of at least 4 members (excludes halogenated alkanes) is 5. The summed E-state index contributed by atoms with van der Waals surface area (Å²) in [5.41, 5.74) is 10.6. The highest BCUT2D eigenvalue weighted by atomic mass is 16.6. The van der Waals surface area contributed by atoms with Crippen molar-refractivity contribution in [3.8, 4) is 0 Å². The molecule has 22 heteroatoms. The number of carbonyl (C=O) groups is 6. The summed E-state index contributed by atoms with van der Waals surface area (Å²) in [5, 5.41) is 44.5. The van der Waals surface area contributed by atoms with Gasteiger partial charge in [-0.1, -0.05) is 48.0 Å². The first-order valence-corrected chi connectivity index (χ1v) is 30.9. The minimum atomic E-state index is -0.684. The first-order chi connectivity index (χ1) is 39.2. The number of esters is 6. The summed E-state index contributed by atoms with van der Waals surface area (Å²) in [6, 6.07) is 0.154. The molecule has 0 aromatic rings. The van der Waals surface area contributed by atoms with Crippen molar-refractivity contribution >= 4 is 35.8 Å². The molecule has 2 saturated heterocycles. The number of aliphatic hydroxyl groups excluding tert-OH is 4. The topological polar surface area (TPSA) is 340 Å². The quantitative estimate of drug-likeness (QED) is 0.0147. The largest absolute Gasteiger partial charge is 0.466 e. The van der Waals surface area contributed by atoms with Crippen LogP contribution in [0.4, 0.5) is 0 Å². The van der Waals surface area contributed by atoms with E-state index in [1.807, 2.05) is 41.5 Å². The predicted octanol–water partition coefficient (Wildman–Crippen LogP) is 6.14. The van der Waals surface area contributed by atoms with Crippen LogP contribution in [0.2, 0.25) is 0 Å². The second kappa shape index (κ2) is 52.7. The Morgan fingerprint density at radius 1 is 0.506 bits per heavy atom. The van der Waals surface area contributed by atoms with Gasteiger partial charge in [0.05, 0.1) is 100 Å². The number of rotatable bonds is 49. The average Bonchev–Trinajstić information content (AvgIpc) is 4.38. The van der Waals surface area contributed by atoms with Gasteiger partial charge < -0.3 is 80.4 Å². The molecule has 0 bridgehead atoms. The maximum atomic E-state index is 12.6. The number of hydrogen-bond donors (Lipinski definition) is 8. The Morgan fingerprint density at radius 2 is 0.904 bits per heavy atom. The monoisotopic (exact) mass is 1190 g/mol. The Balaban J connectivity index is 0. The zero-order valence-electron chi connectivity index (χ0n) is 51.6. The summed E-state index contributed by atoms with van der Waals surface area (Å²) >= 11 is 0. The van der Waals surface area contributed by atoms with E-state index in [-0.39, 0.29) is 163 Å². The second-order valence-electron chi connectivity index (χ2n) is 22.7. The molecule has 0 aromatic heterocycles. The molecule has 2 heterocycles. The van der Waals surface area contributed by atoms with Gasteiger partial charge in [0.15, 0.2) is 0 Å². The number of epoxide rings is 2. The summed E-state index contributed by atoms with van der Waals surface area (Å²) in [6.45, 7) is 19.3. The lowest BCUT2D eigenvalue weighted by Gasteiger charge is -2.24. The molecular formula is C61H118N4O18. The van der Waals surface area contributed by atoms with E-state index in [1.54, 1.807) is 13.8 Å². The van der Waals surface area contributed by atoms with Crippen LogP contribution in [0.3, 0.4) is 0 Å². The van der Waals surface area contributed by atoms with Crippen LogP contribution in [0.5, 0.6) is 0 Å². The van der Waals surface area contributed by atoms with Crippen molar-refractivity contribution in [1.82, 2.24) is 10.6 Å². The zero-order chi connectivity index (χ0) is 61.5. The SMILES string of the molecule is C.CC(C)NCC(O)CC(CCCOC(=O)CCCCOC(=O)C(CCCO)CC(CO)NC(C)C)C(=O)OC(C)C.CC(C)OC(=O)C(CCCOC(=O)CCCCOC(=O)C(CCCO)CC1CO1)CC1CO1.NCCCCCCN. The van der Waals surface area contributed by atoms with E-state index in [2.05, 4.69) is 10.6 Å². The van der Waals surface area contributed by atoms with Crippen LogP contribution in [0.1, 0.15) is 204 Å². The van der Waals surface area contributed by atoms with Crippen molar-refractivity contribution in [1.29, 1.82) is 0 Å². The zero-order valence-corrected chi connectivity index (χ0v) is 51.6. The van der Waals surface area contributed by atoms with Crippen molar-refractivity contribution in [3.63, 3.8) is 0 Å². The van der Waals surface area contributed by atoms with E-state index >= 15 is 0 Å². The average molecular weight is 1200 g/mol. The third-order valence-electron chi connectivity index (χ3n) is 13.2. The maximum Gasteiger partial charge on any atom is 0.309 e. The van der Waals surface area contributed by atoms with Gasteiger partial charge in [-0.25, -0.2) is 0 Å². The third-order valence-corrected chi connectivity index (χ3v) is 13.2. The van der Waals surface area contributed by atoms with E-state index in [9.17, 15) is 39.0 Å². The standard InChI is InChI=1S/C30H58N2O9.C24H40O9.C6H16N2.CH4/c1-21(2)31-19-27(35)18-25(30(38)41-23(5)6)12-10-16-39-28(36)13-7-8-15-40-29(37)24(11-9-14-33)17-26(20-34)32-22(3)4;1-17(2)33-24(28)19(14-21-16-32-21)8-6-12-29-22(26)9-3-4-11-30-23(27)18(7-5-10-25)13-20-15-31-20;7-5-3-1-2-4-6-8;/h21-27,31-35H,7-20H2,1-6H3;17-21,25H,3-16H2,1-2H3;1-8H2;1H4. The van der Waals surface area contributed by atoms with Crippen molar-refractivity contribution in [2.24, 2.45) is 35.1 Å². The van der Waals surface area contributed by atoms with Crippen LogP contribution in [0.25, 0.3) is 0 Å². The van der Waals surface area contributed by atoms with Gasteiger partial charge in [0.25, 0.3) is 0 Å². The molecule has 22 nitrogen and oxygen atoms in total. The molecule has 10 N–H and O–H groups in total. The summed E-state index contributed by atoms with van der Waals surface area (Å²) in [4.78, 5) is 73.6. The molecule has 2 aliphatic heterocycles. The normalized spacial score (nSPS) is 16.4. The molecule has 0 radical (unpaired) electrons. The molecule has 2 rings (SSSR count). The summed E-state index contributed by atoms with van der Waals surface area (Å²) in [7, 11) is 0. The number of ether oxygens (including phenoxy) is 8. The van der Waals surface area contributed by atoms with Crippen molar-refractivity contribution in [2.45, 2.75) is 253 Å². The lowest BCUT2D eigenvalue weighted by atomic mass is 9.95. The molecular weight excluding hydrogens is 1080 g/mol. The van der Waals surface area contributed by atoms with Crippen molar-refractivity contribution < 1.29 is 87.1 Å². The summed E-state index contributed by atoms with van der Waals surface area (Å²) in [6.07, 6.45) is 12.7. The summed E-state index contributed by atoms with van der Waals surface area (Å²) < 4.78 is 42.4. The fourth-order valence-electron chi connectivity index (χ4n) is 8.64. The highest BCUT2D eigenvalue weighted by Crippen LogP contribution is 2.26. The van der Waals surface area contributed by atoms with Crippen LogP contribution in [0, 0.1) is 23.7 Å². The van der Waals surface area contributed by atoms with Crippen molar-refractivity contribution in [3.05, 3.63) is 0 Å². The number of aliphatic hydroxyl groups is 4. The Bertz CT molecular complexity index is 1630. The van der Waals surface area contributed by atoms with Gasteiger partial charge in [0, 0.05) is 50.7 Å². The van der Waals surface area contributed by atoms with E-state index in [1.165, 1.54) is 12.8 Å². The van der Waals surface area contributed by atoms with Gasteiger partial charge in [0.2, 0.25) is 0 Å². The van der Waals surface area contributed by atoms with Crippen LogP contribution in [0.15, 0.2) is 0 Å². The molecule has 8 unspecified atom stereocenters. The molecule has 8 atom stereocenters. The van der Waals surface area contributed by atoms with Gasteiger partial charge in [-0.05, 0) is 156 Å². The number of nitrogens with two attached hydrogens (primary N) is 2.